The lowest BCUT2D eigenvalue weighted by atomic mass is 9.86. The van der Waals surface area contributed by atoms with Crippen molar-refractivity contribution in [2.75, 3.05) is 32.9 Å². The Morgan fingerprint density at radius 3 is 2.85 bits per heavy atom. The molecule has 13 heavy (non-hydrogen) atoms. The maximum absolute atomic E-state index is 5.61. The van der Waals surface area contributed by atoms with Crippen LogP contribution >= 0.6 is 0 Å². The Morgan fingerprint density at radius 2 is 2.23 bits per heavy atom. The maximum Gasteiger partial charge on any atom is 0.0933 e. The van der Waals surface area contributed by atoms with E-state index in [-0.39, 0.29) is 6.10 Å². The monoisotopic (exact) mass is 185 g/mol. The first-order valence-electron chi connectivity index (χ1n) is 5.35. The second kappa shape index (κ2) is 4.94. The van der Waals surface area contributed by atoms with Crippen LogP contribution in [0.1, 0.15) is 19.3 Å². The first-order chi connectivity index (χ1) is 6.45. The molecule has 1 N–H and O–H groups in total. The molecule has 1 heterocycles. The SMILES string of the molecule is C1CC(COCC2CNCCO2)C1. The molecule has 1 unspecified atom stereocenters. The zero-order valence-electron chi connectivity index (χ0n) is 8.13. The molecule has 1 aliphatic carbocycles. The van der Waals surface area contributed by atoms with Gasteiger partial charge in [0.1, 0.15) is 0 Å². The molecule has 76 valence electrons. The predicted molar refractivity (Wildman–Crippen MR) is 50.8 cm³/mol. The molecule has 0 amide bonds. The predicted octanol–water partition coefficient (Wildman–Crippen LogP) is 0.791. The molecule has 1 atom stereocenters. The van der Waals surface area contributed by atoms with Crippen LogP contribution in [0.15, 0.2) is 0 Å². The summed E-state index contributed by atoms with van der Waals surface area (Å²) in [6.45, 7) is 4.48. The van der Waals surface area contributed by atoms with E-state index >= 15 is 0 Å². The Labute approximate surface area is 79.8 Å². The van der Waals surface area contributed by atoms with E-state index in [1.807, 2.05) is 0 Å². The van der Waals surface area contributed by atoms with Crippen molar-refractivity contribution in [1.82, 2.24) is 5.32 Å². The molecule has 0 radical (unpaired) electrons. The lowest BCUT2D eigenvalue weighted by molar-refractivity contribution is -0.0435. The van der Waals surface area contributed by atoms with Crippen LogP contribution in [0.5, 0.6) is 0 Å². The van der Waals surface area contributed by atoms with Gasteiger partial charge >= 0.3 is 0 Å². The van der Waals surface area contributed by atoms with E-state index in [2.05, 4.69) is 5.32 Å². The highest BCUT2D eigenvalue weighted by molar-refractivity contribution is 4.70. The zero-order chi connectivity index (χ0) is 8.93. The molecule has 0 aromatic carbocycles. The Balaban J connectivity index is 1.50. The number of morpholine rings is 1. The fourth-order valence-corrected chi connectivity index (χ4v) is 1.75. The van der Waals surface area contributed by atoms with Crippen molar-refractivity contribution in [2.45, 2.75) is 25.4 Å². The van der Waals surface area contributed by atoms with E-state index < -0.39 is 0 Å². The summed E-state index contributed by atoms with van der Waals surface area (Å²) in [5.74, 6) is 0.844. The highest BCUT2D eigenvalue weighted by Gasteiger charge is 2.19. The summed E-state index contributed by atoms with van der Waals surface area (Å²) in [5.41, 5.74) is 0. The van der Waals surface area contributed by atoms with Crippen LogP contribution in [0.3, 0.4) is 0 Å². The number of hydrogen-bond donors (Lipinski definition) is 1. The Hall–Kier alpha value is -0.120. The Morgan fingerprint density at radius 1 is 1.31 bits per heavy atom. The van der Waals surface area contributed by atoms with Crippen molar-refractivity contribution in [2.24, 2.45) is 5.92 Å². The van der Waals surface area contributed by atoms with Crippen molar-refractivity contribution < 1.29 is 9.47 Å². The molecule has 0 spiro atoms. The minimum atomic E-state index is 0.286. The molecule has 2 rings (SSSR count). The van der Waals surface area contributed by atoms with Crippen LogP contribution in [0.25, 0.3) is 0 Å². The second-order valence-corrected chi connectivity index (χ2v) is 4.03. The fourth-order valence-electron chi connectivity index (χ4n) is 1.75. The third-order valence-electron chi connectivity index (χ3n) is 2.89. The molecule has 3 nitrogen and oxygen atoms in total. The first-order valence-corrected chi connectivity index (χ1v) is 5.35. The summed E-state index contributed by atoms with van der Waals surface area (Å²) in [6.07, 6.45) is 4.41. The van der Waals surface area contributed by atoms with Crippen molar-refractivity contribution in [3.63, 3.8) is 0 Å². The van der Waals surface area contributed by atoms with Gasteiger partial charge in [0.25, 0.3) is 0 Å². The molecule has 1 saturated heterocycles. The van der Waals surface area contributed by atoms with Gasteiger partial charge in [-0.15, -0.1) is 0 Å². The molecule has 0 aromatic rings. The third-order valence-corrected chi connectivity index (χ3v) is 2.89. The summed E-state index contributed by atoms with van der Waals surface area (Å²) in [6, 6.07) is 0. The van der Waals surface area contributed by atoms with Gasteiger partial charge in [0.2, 0.25) is 0 Å². The zero-order valence-corrected chi connectivity index (χ0v) is 8.13. The summed E-state index contributed by atoms with van der Waals surface area (Å²) in [7, 11) is 0. The highest BCUT2D eigenvalue weighted by atomic mass is 16.5. The molecular formula is C10H19NO2. The highest BCUT2D eigenvalue weighted by Crippen LogP contribution is 2.26. The molecule has 3 heteroatoms. The standard InChI is InChI=1S/C10H19NO2/c1-2-9(3-1)7-12-8-10-6-11-4-5-13-10/h9-11H,1-8H2. The van der Waals surface area contributed by atoms with Gasteiger partial charge in [-0.1, -0.05) is 6.42 Å². The Kier molecular flexibility index (Phi) is 3.58. The van der Waals surface area contributed by atoms with Gasteiger partial charge in [-0.25, -0.2) is 0 Å². The average Bonchev–Trinajstić information content (AvgIpc) is 2.11. The smallest absolute Gasteiger partial charge is 0.0933 e. The largest absolute Gasteiger partial charge is 0.378 e. The van der Waals surface area contributed by atoms with Crippen molar-refractivity contribution in [1.29, 1.82) is 0 Å². The molecule has 2 fully saturated rings. The van der Waals surface area contributed by atoms with Gasteiger partial charge in [-0.3, -0.25) is 0 Å². The Bertz CT molecular complexity index is 142. The van der Waals surface area contributed by atoms with Crippen LogP contribution in [0.2, 0.25) is 0 Å². The van der Waals surface area contributed by atoms with E-state index in [0.717, 1.165) is 38.8 Å². The number of rotatable bonds is 4. The van der Waals surface area contributed by atoms with Crippen molar-refractivity contribution >= 4 is 0 Å². The van der Waals surface area contributed by atoms with Gasteiger partial charge in [-0.2, -0.15) is 0 Å². The van der Waals surface area contributed by atoms with Gasteiger partial charge in [0.05, 0.1) is 19.3 Å². The molecule has 1 saturated carbocycles. The van der Waals surface area contributed by atoms with Crippen LogP contribution in [0, 0.1) is 5.92 Å². The molecule has 0 bridgehead atoms. The van der Waals surface area contributed by atoms with Gasteiger partial charge < -0.3 is 14.8 Å². The first kappa shape index (κ1) is 9.44. The van der Waals surface area contributed by atoms with E-state index in [4.69, 9.17) is 9.47 Å². The van der Waals surface area contributed by atoms with Gasteiger partial charge in [-0.05, 0) is 18.8 Å². The lowest BCUT2D eigenvalue weighted by Crippen LogP contribution is -2.41. The van der Waals surface area contributed by atoms with E-state index in [9.17, 15) is 0 Å². The summed E-state index contributed by atoms with van der Waals surface area (Å²) in [5, 5.41) is 3.30. The summed E-state index contributed by atoms with van der Waals surface area (Å²) < 4.78 is 11.1. The van der Waals surface area contributed by atoms with E-state index in [0.29, 0.717) is 0 Å². The van der Waals surface area contributed by atoms with Crippen LogP contribution in [-0.2, 0) is 9.47 Å². The third kappa shape index (κ3) is 2.93. The number of nitrogens with one attached hydrogen (secondary N) is 1. The van der Waals surface area contributed by atoms with Crippen molar-refractivity contribution in [3.8, 4) is 0 Å². The van der Waals surface area contributed by atoms with Crippen LogP contribution in [0.4, 0.5) is 0 Å². The van der Waals surface area contributed by atoms with E-state index in [1.165, 1.54) is 19.3 Å². The van der Waals surface area contributed by atoms with E-state index in [1.54, 1.807) is 0 Å². The fraction of sp³-hybridized carbons (Fsp3) is 1.00. The summed E-state index contributed by atoms with van der Waals surface area (Å²) >= 11 is 0. The molecule has 1 aliphatic heterocycles. The summed E-state index contributed by atoms with van der Waals surface area (Å²) in [4.78, 5) is 0. The molecule has 0 aromatic heterocycles. The maximum atomic E-state index is 5.61. The molecule has 2 aliphatic rings. The minimum absolute atomic E-state index is 0.286. The number of hydrogen-bond acceptors (Lipinski definition) is 3. The normalized spacial score (nSPS) is 30.0. The van der Waals surface area contributed by atoms with Crippen molar-refractivity contribution in [3.05, 3.63) is 0 Å². The number of ether oxygens (including phenoxy) is 2. The molecular weight excluding hydrogens is 166 g/mol. The van der Waals surface area contributed by atoms with Crippen LogP contribution in [-0.4, -0.2) is 39.0 Å². The van der Waals surface area contributed by atoms with Gasteiger partial charge in [0, 0.05) is 19.7 Å². The van der Waals surface area contributed by atoms with Gasteiger partial charge in [0.15, 0.2) is 0 Å². The average molecular weight is 185 g/mol. The topological polar surface area (TPSA) is 30.5 Å². The van der Waals surface area contributed by atoms with Crippen LogP contribution < -0.4 is 5.32 Å². The quantitative estimate of drug-likeness (QED) is 0.702. The minimum Gasteiger partial charge on any atom is -0.378 e. The second-order valence-electron chi connectivity index (χ2n) is 4.03. The lowest BCUT2D eigenvalue weighted by Gasteiger charge is -2.27.